The van der Waals surface area contributed by atoms with Crippen molar-refractivity contribution in [2.75, 3.05) is 24.7 Å². The summed E-state index contributed by atoms with van der Waals surface area (Å²) < 4.78 is 0. The van der Waals surface area contributed by atoms with Crippen molar-refractivity contribution in [1.29, 1.82) is 0 Å². The molecule has 1 aromatic heterocycles. The predicted octanol–water partition coefficient (Wildman–Crippen LogP) is 2.42. The summed E-state index contributed by atoms with van der Waals surface area (Å²) >= 11 is 1.68. The lowest BCUT2D eigenvalue weighted by atomic mass is 10.2. The Bertz CT molecular complexity index is 369. The molecule has 1 aromatic rings. The van der Waals surface area contributed by atoms with Crippen LogP contribution in [0.25, 0.3) is 0 Å². The van der Waals surface area contributed by atoms with Gasteiger partial charge >= 0.3 is 0 Å². The Morgan fingerprint density at radius 1 is 1.35 bits per heavy atom. The first-order valence-corrected chi connectivity index (χ1v) is 6.88. The minimum atomic E-state index is 0.229. The predicted molar refractivity (Wildman–Crippen MR) is 72.8 cm³/mol. The molecular formula is C12H21N3OS. The third-order valence-corrected chi connectivity index (χ3v) is 3.58. The normalized spacial score (nSPS) is 10.9. The average molecular weight is 255 g/mol. The van der Waals surface area contributed by atoms with E-state index in [9.17, 15) is 0 Å². The number of thioether (sulfide) groups is 1. The molecule has 0 aliphatic rings. The zero-order chi connectivity index (χ0) is 12.8. The van der Waals surface area contributed by atoms with Gasteiger partial charge < -0.3 is 10.4 Å². The summed E-state index contributed by atoms with van der Waals surface area (Å²) in [6, 6.07) is 0. The molecule has 0 unspecified atom stereocenters. The van der Waals surface area contributed by atoms with E-state index in [0.29, 0.717) is 5.92 Å². The minimum absolute atomic E-state index is 0.229. The first kappa shape index (κ1) is 14.3. The van der Waals surface area contributed by atoms with Gasteiger partial charge in [-0.25, -0.2) is 9.97 Å². The second kappa shape index (κ2) is 6.81. The van der Waals surface area contributed by atoms with Gasteiger partial charge in [-0.05, 0) is 13.3 Å². The Kier molecular flexibility index (Phi) is 5.71. The van der Waals surface area contributed by atoms with Gasteiger partial charge in [0, 0.05) is 30.9 Å². The van der Waals surface area contributed by atoms with E-state index in [-0.39, 0.29) is 6.61 Å². The standard InChI is InChI=1S/C12H21N3OS/c1-8(2)10-14-11(13-4)9(3)12(15-10)17-7-5-6-16/h8,16H,5-7H2,1-4H3,(H,13,14,15). The van der Waals surface area contributed by atoms with Crippen LogP contribution in [0.4, 0.5) is 5.82 Å². The minimum Gasteiger partial charge on any atom is -0.396 e. The highest BCUT2D eigenvalue weighted by molar-refractivity contribution is 7.99. The van der Waals surface area contributed by atoms with Crippen molar-refractivity contribution in [3.63, 3.8) is 0 Å². The third kappa shape index (κ3) is 3.85. The molecule has 2 N–H and O–H groups in total. The first-order valence-electron chi connectivity index (χ1n) is 5.90. The monoisotopic (exact) mass is 255 g/mol. The van der Waals surface area contributed by atoms with Crippen LogP contribution in [-0.2, 0) is 0 Å². The van der Waals surface area contributed by atoms with Gasteiger partial charge in [0.25, 0.3) is 0 Å². The molecule has 17 heavy (non-hydrogen) atoms. The summed E-state index contributed by atoms with van der Waals surface area (Å²) in [5.74, 6) is 2.97. The fraction of sp³-hybridized carbons (Fsp3) is 0.667. The molecule has 0 aromatic carbocycles. The molecule has 0 atom stereocenters. The molecule has 0 saturated carbocycles. The van der Waals surface area contributed by atoms with Crippen molar-refractivity contribution in [2.45, 2.75) is 38.1 Å². The van der Waals surface area contributed by atoms with E-state index in [0.717, 1.165) is 34.4 Å². The Morgan fingerprint density at radius 3 is 2.59 bits per heavy atom. The number of aromatic nitrogens is 2. The van der Waals surface area contributed by atoms with E-state index < -0.39 is 0 Å². The highest BCUT2D eigenvalue weighted by Gasteiger charge is 2.12. The fourth-order valence-corrected chi connectivity index (χ4v) is 2.33. The lowest BCUT2D eigenvalue weighted by molar-refractivity contribution is 0.296. The molecule has 0 saturated heterocycles. The number of aliphatic hydroxyl groups is 1. The molecule has 96 valence electrons. The zero-order valence-corrected chi connectivity index (χ0v) is 11.8. The average Bonchev–Trinajstić information content (AvgIpc) is 2.31. The van der Waals surface area contributed by atoms with E-state index >= 15 is 0 Å². The molecule has 0 bridgehead atoms. The van der Waals surface area contributed by atoms with Crippen LogP contribution in [-0.4, -0.2) is 34.5 Å². The lowest BCUT2D eigenvalue weighted by Gasteiger charge is -2.13. The molecule has 4 nitrogen and oxygen atoms in total. The second-order valence-corrected chi connectivity index (χ2v) is 5.27. The van der Waals surface area contributed by atoms with Gasteiger partial charge in [-0.1, -0.05) is 13.8 Å². The van der Waals surface area contributed by atoms with Crippen molar-refractivity contribution < 1.29 is 5.11 Å². The first-order chi connectivity index (χ1) is 8.10. The van der Waals surface area contributed by atoms with Crippen LogP contribution in [0.3, 0.4) is 0 Å². The van der Waals surface area contributed by atoms with Crippen molar-refractivity contribution in [2.24, 2.45) is 0 Å². The topological polar surface area (TPSA) is 58.0 Å². The van der Waals surface area contributed by atoms with Crippen LogP contribution < -0.4 is 5.32 Å². The van der Waals surface area contributed by atoms with Crippen LogP contribution in [0.2, 0.25) is 0 Å². The van der Waals surface area contributed by atoms with Gasteiger partial charge in [0.15, 0.2) is 0 Å². The number of anilines is 1. The molecular weight excluding hydrogens is 234 g/mol. The van der Waals surface area contributed by atoms with Crippen LogP contribution >= 0.6 is 11.8 Å². The van der Waals surface area contributed by atoms with Crippen LogP contribution in [0.5, 0.6) is 0 Å². The summed E-state index contributed by atoms with van der Waals surface area (Å²) in [6.07, 6.45) is 0.792. The van der Waals surface area contributed by atoms with Crippen LogP contribution in [0, 0.1) is 6.92 Å². The highest BCUT2D eigenvalue weighted by Crippen LogP contribution is 2.27. The van der Waals surface area contributed by atoms with Gasteiger partial charge in [-0.3, -0.25) is 0 Å². The van der Waals surface area contributed by atoms with E-state index in [4.69, 9.17) is 5.11 Å². The van der Waals surface area contributed by atoms with Gasteiger partial charge in [-0.2, -0.15) is 0 Å². The maximum Gasteiger partial charge on any atom is 0.134 e. The quantitative estimate of drug-likeness (QED) is 0.464. The summed E-state index contributed by atoms with van der Waals surface area (Å²) in [7, 11) is 1.88. The number of hydrogen-bond donors (Lipinski definition) is 2. The Morgan fingerprint density at radius 2 is 2.06 bits per heavy atom. The van der Waals surface area contributed by atoms with Gasteiger partial charge in [0.1, 0.15) is 16.7 Å². The SMILES string of the molecule is CNc1nc(C(C)C)nc(SCCCO)c1C. The third-order valence-electron chi connectivity index (χ3n) is 2.41. The van der Waals surface area contributed by atoms with E-state index in [1.807, 2.05) is 14.0 Å². The van der Waals surface area contributed by atoms with Crippen molar-refractivity contribution in [3.05, 3.63) is 11.4 Å². The molecule has 0 spiro atoms. The van der Waals surface area contributed by atoms with E-state index in [1.54, 1.807) is 11.8 Å². The zero-order valence-electron chi connectivity index (χ0n) is 10.9. The molecule has 1 heterocycles. The molecule has 0 aliphatic heterocycles. The summed E-state index contributed by atoms with van der Waals surface area (Å²) in [4.78, 5) is 9.08. The van der Waals surface area contributed by atoms with E-state index in [1.165, 1.54) is 0 Å². The number of hydrogen-bond acceptors (Lipinski definition) is 5. The Hall–Kier alpha value is -0.810. The largest absolute Gasteiger partial charge is 0.396 e. The Labute approximate surface area is 107 Å². The molecule has 0 amide bonds. The highest BCUT2D eigenvalue weighted by atomic mass is 32.2. The smallest absolute Gasteiger partial charge is 0.134 e. The lowest BCUT2D eigenvalue weighted by Crippen LogP contribution is -2.06. The molecule has 0 fully saturated rings. The second-order valence-electron chi connectivity index (χ2n) is 4.19. The molecule has 0 aliphatic carbocycles. The van der Waals surface area contributed by atoms with Crippen LogP contribution in [0.1, 0.15) is 37.6 Å². The van der Waals surface area contributed by atoms with Crippen molar-refractivity contribution in [3.8, 4) is 0 Å². The van der Waals surface area contributed by atoms with Crippen molar-refractivity contribution >= 4 is 17.6 Å². The number of nitrogens with one attached hydrogen (secondary N) is 1. The number of nitrogens with zero attached hydrogens (tertiary/aromatic N) is 2. The maximum atomic E-state index is 8.80. The Balaban J connectivity index is 2.96. The molecule has 0 radical (unpaired) electrons. The summed E-state index contributed by atoms with van der Waals surface area (Å²) in [5, 5.41) is 12.9. The summed E-state index contributed by atoms with van der Waals surface area (Å²) in [5.41, 5.74) is 1.08. The van der Waals surface area contributed by atoms with Gasteiger partial charge in [0.2, 0.25) is 0 Å². The number of rotatable bonds is 6. The summed E-state index contributed by atoms with van der Waals surface area (Å²) in [6.45, 7) is 6.43. The van der Waals surface area contributed by atoms with E-state index in [2.05, 4.69) is 29.1 Å². The van der Waals surface area contributed by atoms with Crippen LogP contribution in [0.15, 0.2) is 5.03 Å². The molecule has 5 heteroatoms. The fourth-order valence-electron chi connectivity index (χ4n) is 1.39. The van der Waals surface area contributed by atoms with Gasteiger partial charge in [-0.15, -0.1) is 11.8 Å². The van der Waals surface area contributed by atoms with Crippen molar-refractivity contribution in [1.82, 2.24) is 9.97 Å². The molecule has 1 rings (SSSR count). The number of aliphatic hydroxyl groups excluding tert-OH is 1. The van der Waals surface area contributed by atoms with Gasteiger partial charge in [0.05, 0.1) is 0 Å². The maximum absolute atomic E-state index is 8.80.